The van der Waals surface area contributed by atoms with Crippen LogP contribution in [0.1, 0.15) is 27.6 Å². The summed E-state index contributed by atoms with van der Waals surface area (Å²) >= 11 is 0. The van der Waals surface area contributed by atoms with E-state index in [9.17, 15) is 9.59 Å². The van der Waals surface area contributed by atoms with Gasteiger partial charge in [-0.25, -0.2) is 0 Å². The van der Waals surface area contributed by atoms with Crippen molar-refractivity contribution in [2.24, 2.45) is 7.05 Å². The van der Waals surface area contributed by atoms with Gasteiger partial charge in [-0.15, -0.1) is 0 Å². The molecule has 11 heteroatoms. The van der Waals surface area contributed by atoms with Crippen LogP contribution in [0.2, 0.25) is 0 Å². The fourth-order valence-corrected chi connectivity index (χ4v) is 3.65. The SMILES string of the molecule is COC[C@H](C)Oc1cc(Oc2ccc3c(c2F)OCCN(C)C3=O)cc(C(=O)Nc2ccn(C)n2)c1. The number of hydrogen-bond acceptors (Lipinski definition) is 7. The number of aromatic nitrogens is 2. The smallest absolute Gasteiger partial charge is 0.257 e. The third kappa shape index (κ3) is 5.57. The van der Waals surface area contributed by atoms with Gasteiger partial charge in [0.25, 0.3) is 11.8 Å². The fourth-order valence-electron chi connectivity index (χ4n) is 3.65. The van der Waals surface area contributed by atoms with Crippen molar-refractivity contribution < 1.29 is 32.9 Å². The fraction of sp³-hybridized carbons (Fsp3) is 0.320. The molecule has 0 fully saturated rings. The van der Waals surface area contributed by atoms with Gasteiger partial charge in [-0.1, -0.05) is 0 Å². The number of hydrogen-bond donors (Lipinski definition) is 1. The zero-order valence-electron chi connectivity index (χ0n) is 20.4. The van der Waals surface area contributed by atoms with Gasteiger partial charge in [0, 0.05) is 45.1 Å². The summed E-state index contributed by atoms with van der Waals surface area (Å²) in [6, 6.07) is 8.99. The Labute approximate surface area is 207 Å². The number of amides is 2. The Balaban J connectivity index is 1.66. The van der Waals surface area contributed by atoms with E-state index in [0.29, 0.717) is 24.7 Å². The molecule has 0 aliphatic carbocycles. The first-order valence-electron chi connectivity index (χ1n) is 11.3. The van der Waals surface area contributed by atoms with E-state index in [2.05, 4.69) is 10.4 Å². The highest BCUT2D eigenvalue weighted by Gasteiger charge is 2.26. The molecule has 0 spiro atoms. The Morgan fingerprint density at radius 1 is 1.22 bits per heavy atom. The van der Waals surface area contributed by atoms with Crippen molar-refractivity contribution in [2.45, 2.75) is 13.0 Å². The number of rotatable bonds is 8. The molecule has 1 aliphatic heterocycles. The Bertz CT molecular complexity index is 1280. The minimum Gasteiger partial charge on any atom is -0.488 e. The number of aryl methyl sites for hydroxylation is 1. The summed E-state index contributed by atoms with van der Waals surface area (Å²) in [6.45, 7) is 2.60. The van der Waals surface area contributed by atoms with E-state index < -0.39 is 11.7 Å². The van der Waals surface area contributed by atoms with Gasteiger partial charge in [0.1, 0.15) is 24.2 Å². The zero-order chi connectivity index (χ0) is 25.8. The average molecular weight is 499 g/mol. The molecule has 1 N–H and O–H groups in total. The van der Waals surface area contributed by atoms with Gasteiger partial charge in [0.2, 0.25) is 5.82 Å². The molecule has 0 unspecified atom stereocenters. The molecule has 3 aromatic rings. The van der Waals surface area contributed by atoms with E-state index in [4.69, 9.17) is 18.9 Å². The number of fused-ring (bicyclic) bond motifs is 1. The molecular formula is C25H27FN4O6. The van der Waals surface area contributed by atoms with E-state index in [1.807, 2.05) is 6.92 Å². The second-order valence-electron chi connectivity index (χ2n) is 8.34. The number of carbonyl (C=O) groups is 2. The minimum absolute atomic E-state index is 0.112. The molecule has 2 amide bonds. The van der Waals surface area contributed by atoms with Crippen LogP contribution in [0, 0.1) is 5.82 Å². The molecule has 0 radical (unpaired) electrons. The molecule has 2 aromatic carbocycles. The van der Waals surface area contributed by atoms with Gasteiger partial charge in [-0.05, 0) is 31.2 Å². The predicted octanol–water partition coefficient (Wildman–Crippen LogP) is 3.48. The Morgan fingerprint density at radius 2 is 2.00 bits per heavy atom. The first-order valence-corrected chi connectivity index (χ1v) is 11.3. The van der Waals surface area contributed by atoms with Crippen LogP contribution in [0.5, 0.6) is 23.0 Å². The van der Waals surface area contributed by atoms with E-state index in [0.717, 1.165) is 0 Å². The molecule has 1 aliphatic rings. The topological polar surface area (TPSA) is 104 Å². The maximum atomic E-state index is 15.3. The summed E-state index contributed by atoms with van der Waals surface area (Å²) in [5, 5.41) is 6.85. The molecule has 4 rings (SSSR count). The highest BCUT2D eigenvalue weighted by molar-refractivity contribution is 6.04. The largest absolute Gasteiger partial charge is 0.488 e. The lowest BCUT2D eigenvalue weighted by atomic mass is 10.1. The average Bonchev–Trinajstić information content (AvgIpc) is 3.18. The predicted molar refractivity (Wildman–Crippen MR) is 128 cm³/mol. The Kier molecular flexibility index (Phi) is 7.39. The second kappa shape index (κ2) is 10.6. The number of halogens is 1. The van der Waals surface area contributed by atoms with Crippen LogP contribution >= 0.6 is 0 Å². The molecule has 0 bridgehead atoms. The Morgan fingerprint density at radius 3 is 2.72 bits per heavy atom. The summed E-state index contributed by atoms with van der Waals surface area (Å²) in [5.74, 6) is -1.10. The number of nitrogens with one attached hydrogen (secondary N) is 1. The van der Waals surface area contributed by atoms with Crippen LogP contribution in [0.25, 0.3) is 0 Å². The number of nitrogens with zero attached hydrogens (tertiary/aromatic N) is 3. The molecule has 1 atom stereocenters. The van der Waals surface area contributed by atoms with Crippen molar-refractivity contribution in [1.82, 2.24) is 14.7 Å². The summed E-state index contributed by atoms with van der Waals surface area (Å²) in [4.78, 5) is 26.9. The summed E-state index contributed by atoms with van der Waals surface area (Å²) in [7, 11) is 4.91. The maximum absolute atomic E-state index is 15.3. The van der Waals surface area contributed by atoms with Gasteiger partial charge in [-0.2, -0.15) is 9.49 Å². The van der Waals surface area contributed by atoms with Crippen LogP contribution in [0.15, 0.2) is 42.6 Å². The standard InChI is InChI=1S/C25H27FN4O6/c1-15(14-33-4)35-17-11-16(24(31)27-21-7-8-30(3)28-21)12-18(13-17)36-20-6-5-19-23(22(20)26)34-10-9-29(2)25(19)32/h5-8,11-13,15H,9-10,14H2,1-4H3,(H,27,28,31)/t15-/m0/s1. The number of carbonyl (C=O) groups excluding carboxylic acids is 2. The van der Waals surface area contributed by atoms with Crippen molar-refractivity contribution in [3.05, 3.63) is 59.5 Å². The summed E-state index contributed by atoms with van der Waals surface area (Å²) in [5.41, 5.74) is 0.321. The van der Waals surface area contributed by atoms with E-state index in [1.165, 1.54) is 29.2 Å². The number of ether oxygens (including phenoxy) is 4. The molecule has 2 heterocycles. The zero-order valence-corrected chi connectivity index (χ0v) is 20.4. The Hall–Kier alpha value is -4.12. The lowest BCUT2D eigenvalue weighted by molar-refractivity contribution is 0.0796. The van der Waals surface area contributed by atoms with Gasteiger partial charge in [0.05, 0.1) is 18.7 Å². The normalized spacial score (nSPS) is 13.9. The molecule has 0 saturated carbocycles. The van der Waals surface area contributed by atoms with Crippen molar-refractivity contribution in [3.8, 4) is 23.0 Å². The maximum Gasteiger partial charge on any atom is 0.257 e. The first kappa shape index (κ1) is 25.0. The number of benzene rings is 2. The molecule has 1 aromatic heterocycles. The molecule has 190 valence electrons. The van der Waals surface area contributed by atoms with Gasteiger partial charge < -0.3 is 29.2 Å². The molecule has 0 saturated heterocycles. The third-order valence-electron chi connectivity index (χ3n) is 5.38. The highest BCUT2D eigenvalue weighted by atomic mass is 19.1. The summed E-state index contributed by atoms with van der Waals surface area (Å²) < 4.78 is 39.2. The number of anilines is 1. The highest BCUT2D eigenvalue weighted by Crippen LogP contribution is 2.36. The minimum atomic E-state index is -0.810. The van der Waals surface area contributed by atoms with Crippen LogP contribution < -0.4 is 19.5 Å². The molecule has 36 heavy (non-hydrogen) atoms. The lowest BCUT2D eigenvalue weighted by Gasteiger charge is -2.17. The van der Waals surface area contributed by atoms with Crippen LogP contribution in [-0.4, -0.2) is 66.5 Å². The van der Waals surface area contributed by atoms with Crippen molar-refractivity contribution >= 4 is 17.6 Å². The van der Waals surface area contributed by atoms with E-state index in [1.54, 1.807) is 44.2 Å². The summed E-state index contributed by atoms with van der Waals surface area (Å²) in [6.07, 6.45) is 1.37. The van der Waals surface area contributed by atoms with Gasteiger partial charge >= 0.3 is 0 Å². The third-order valence-corrected chi connectivity index (χ3v) is 5.38. The number of methoxy groups -OCH3 is 1. The van der Waals surface area contributed by atoms with E-state index in [-0.39, 0.29) is 47.0 Å². The second-order valence-corrected chi connectivity index (χ2v) is 8.34. The first-order chi connectivity index (χ1) is 17.2. The van der Waals surface area contributed by atoms with E-state index >= 15 is 4.39 Å². The molecule has 10 nitrogen and oxygen atoms in total. The number of likely N-dealkylation sites (N-methyl/N-ethyl adjacent to an activating group) is 1. The lowest BCUT2D eigenvalue weighted by Crippen LogP contribution is -2.27. The molecular weight excluding hydrogens is 471 g/mol. The quantitative estimate of drug-likeness (QED) is 0.507. The van der Waals surface area contributed by atoms with Crippen LogP contribution in [0.4, 0.5) is 10.2 Å². The monoisotopic (exact) mass is 498 g/mol. The van der Waals surface area contributed by atoms with Gasteiger partial charge in [-0.3, -0.25) is 14.3 Å². The van der Waals surface area contributed by atoms with Crippen LogP contribution in [-0.2, 0) is 11.8 Å². The van der Waals surface area contributed by atoms with Crippen molar-refractivity contribution in [3.63, 3.8) is 0 Å². The van der Waals surface area contributed by atoms with Crippen molar-refractivity contribution in [2.75, 3.05) is 39.2 Å². The van der Waals surface area contributed by atoms with Crippen molar-refractivity contribution in [1.29, 1.82) is 0 Å². The van der Waals surface area contributed by atoms with Gasteiger partial charge in [0.15, 0.2) is 17.3 Å². The van der Waals surface area contributed by atoms with Crippen LogP contribution in [0.3, 0.4) is 0 Å².